The Kier molecular flexibility index (Phi) is 8.45. The first-order valence-corrected chi connectivity index (χ1v) is 13.9. The first kappa shape index (κ1) is 29.2. The van der Waals surface area contributed by atoms with Crippen LogP contribution in [0.5, 0.6) is 5.75 Å². The molecule has 1 saturated heterocycles. The monoisotopic (exact) mass is 569 g/mol. The Morgan fingerprint density at radius 3 is 2.51 bits per heavy atom. The third kappa shape index (κ3) is 6.14. The van der Waals surface area contributed by atoms with Crippen molar-refractivity contribution in [3.63, 3.8) is 0 Å². The number of Topliss-reactive ketones (excluding diaryl/α,β-unsaturated/α-hetero) is 1. The van der Waals surface area contributed by atoms with Crippen LogP contribution in [0.1, 0.15) is 67.1 Å². The number of pyridine rings is 2. The number of aromatic nitrogens is 2. The molecule has 2 aromatic heterocycles. The third-order valence-electron chi connectivity index (χ3n) is 8.51. The van der Waals surface area contributed by atoms with Gasteiger partial charge in [0.1, 0.15) is 40.7 Å². The molecule has 0 amide bonds. The number of ether oxygens (including phenoxy) is 2. The van der Waals surface area contributed by atoms with Crippen molar-refractivity contribution in [2.45, 2.75) is 69.6 Å². The minimum absolute atomic E-state index is 0.00724. The van der Waals surface area contributed by atoms with E-state index in [1.54, 1.807) is 19.3 Å². The quantitative estimate of drug-likeness (QED) is 0.380. The number of carbonyl (C=O) groups excluding carboxylic acids is 1. The SMILES string of the molecule is C[C@H]1C[C@@H](c2ccncc2CC(=O)c2ccc(F)c(-c3c(F)cc(OC4CCOCC4)cc3F)n2)C[C@@H](N)[C@]1(C)O. The molecule has 3 aromatic rings. The Balaban J connectivity index is 1.38. The number of carbonyl (C=O) groups is 1. The molecular weight excluding hydrogens is 535 g/mol. The third-order valence-corrected chi connectivity index (χ3v) is 8.51. The second-order valence-electron chi connectivity index (χ2n) is 11.3. The van der Waals surface area contributed by atoms with E-state index < -0.39 is 46.1 Å². The Hall–Kier alpha value is -3.34. The van der Waals surface area contributed by atoms with E-state index in [0.29, 0.717) is 44.5 Å². The van der Waals surface area contributed by atoms with Crippen molar-refractivity contribution >= 4 is 5.78 Å². The smallest absolute Gasteiger partial charge is 0.185 e. The highest BCUT2D eigenvalue weighted by Gasteiger charge is 2.42. The van der Waals surface area contributed by atoms with Crippen molar-refractivity contribution in [2.24, 2.45) is 11.7 Å². The fraction of sp³-hybridized carbons (Fsp3) is 0.452. The van der Waals surface area contributed by atoms with E-state index in [2.05, 4.69) is 9.97 Å². The van der Waals surface area contributed by atoms with Crippen molar-refractivity contribution in [1.29, 1.82) is 0 Å². The zero-order valence-electron chi connectivity index (χ0n) is 23.1. The van der Waals surface area contributed by atoms with Gasteiger partial charge >= 0.3 is 0 Å². The summed E-state index contributed by atoms with van der Waals surface area (Å²) in [6, 6.07) is 5.58. The Labute approximate surface area is 236 Å². The predicted molar refractivity (Wildman–Crippen MR) is 146 cm³/mol. The van der Waals surface area contributed by atoms with Gasteiger partial charge in [0, 0.05) is 49.8 Å². The summed E-state index contributed by atoms with van der Waals surface area (Å²) >= 11 is 0. The summed E-state index contributed by atoms with van der Waals surface area (Å²) in [5, 5.41) is 10.7. The van der Waals surface area contributed by atoms with Gasteiger partial charge in [-0.05, 0) is 60.9 Å². The van der Waals surface area contributed by atoms with Crippen LogP contribution in [-0.4, -0.2) is 51.8 Å². The van der Waals surface area contributed by atoms with Crippen LogP contribution in [0, 0.1) is 23.4 Å². The molecule has 3 heterocycles. The van der Waals surface area contributed by atoms with Gasteiger partial charge in [-0.3, -0.25) is 9.78 Å². The Morgan fingerprint density at radius 2 is 1.83 bits per heavy atom. The van der Waals surface area contributed by atoms with E-state index in [1.165, 1.54) is 6.07 Å². The predicted octanol–water partition coefficient (Wildman–Crippen LogP) is 5.14. The van der Waals surface area contributed by atoms with Crippen molar-refractivity contribution in [1.82, 2.24) is 9.97 Å². The first-order chi connectivity index (χ1) is 19.5. The molecule has 41 heavy (non-hydrogen) atoms. The van der Waals surface area contributed by atoms with E-state index in [-0.39, 0.29) is 35.8 Å². The van der Waals surface area contributed by atoms with Crippen LogP contribution in [0.3, 0.4) is 0 Å². The van der Waals surface area contributed by atoms with E-state index in [4.69, 9.17) is 15.2 Å². The van der Waals surface area contributed by atoms with E-state index in [9.17, 15) is 14.3 Å². The largest absolute Gasteiger partial charge is 0.490 e. The summed E-state index contributed by atoms with van der Waals surface area (Å²) in [7, 11) is 0. The summed E-state index contributed by atoms with van der Waals surface area (Å²) in [5.41, 5.74) is 5.45. The van der Waals surface area contributed by atoms with Gasteiger partial charge in [0.25, 0.3) is 0 Å². The lowest BCUT2D eigenvalue weighted by molar-refractivity contribution is -0.0464. The maximum absolute atomic E-state index is 15.1. The highest BCUT2D eigenvalue weighted by molar-refractivity contribution is 5.96. The van der Waals surface area contributed by atoms with Crippen molar-refractivity contribution in [2.75, 3.05) is 13.2 Å². The number of hydrogen-bond donors (Lipinski definition) is 2. The summed E-state index contributed by atoms with van der Waals surface area (Å²) in [5.74, 6) is -3.57. The Morgan fingerprint density at radius 1 is 1.12 bits per heavy atom. The van der Waals surface area contributed by atoms with Gasteiger partial charge in [-0.25, -0.2) is 18.2 Å². The van der Waals surface area contributed by atoms with Crippen molar-refractivity contribution in [3.05, 3.63) is 77.0 Å². The molecule has 10 heteroatoms. The summed E-state index contributed by atoms with van der Waals surface area (Å²) in [6.07, 6.45) is 5.31. The minimum atomic E-state index is -1.05. The van der Waals surface area contributed by atoms with Gasteiger partial charge in [0.2, 0.25) is 0 Å². The highest BCUT2D eigenvalue weighted by atomic mass is 19.1. The molecule has 4 atom stereocenters. The molecule has 1 saturated carbocycles. The van der Waals surface area contributed by atoms with Gasteiger partial charge in [0.05, 0.1) is 24.4 Å². The average Bonchev–Trinajstić information content (AvgIpc) is 2.93. The number of aliphatic hydroxyl groups is 1. The van der Waals surface area contributed by atoms with Gasteiger partial charge in [0.15, 0.2) is 5.78 Å². The number of benzene rings is 1. The molecule has 1 aliphatic heterocycles. The van der Waals surface area contributed by atoms with E-state index >= 15 is 8.78 Å². The van der Waals surface area contributed by atoms with Crippen molar-refractivity contribution in [3.8, 4) is 17.0 Å². The standard InChI is InChI=1S/C31H34F3N3O4/c1-17-11-18(13-28(35)31(17,2)39)22-5-8-36-16-19(22)12-27(38)26-4-3-23(32)30(37-26)29-24(33)14-21(15-25(29)34)41-20-6-9-40-10-7-20/h3-5,8,14-18,20,28,39H,6-7,9-13,35H2,1-2H3/t17-,18+,28+,31+/m0/s1. The first-order valence-electron chi connectivity index (χ1n) is 13.9. The number of ketones is 1. The van der Waals surface area contributed by atoms with Crippen LogP contribution in [0.25, 0.3) is 11.3 Å². The number of nitrogens with zero attached hydrogens (tertiary/aromatic N) is 2. The zero-order valence-corrected chi connectivity index (χ0v) is 23.1. The molecule has 1 aliphatic carbocycles. The van der Waals surface area contributed by atoms with Crippen LogP contribution in [-0.2, 0) is 11.2 Å². The molecule has 0 bridgehead atoms. The van der Waals surface area contributed by atoms with Gasteiger partial charge in [-0.1, -0.05) is 6.92 Å². The lowest BCUT2D eigenvalue weighted by atomic mass is 9.67. The highest BCUT2D eigenvalue weighted by Crippen LogP contribution is 2.42. The summed E-state index contributed by atoms with van der Waals surface area (Å²) in [6.45, 7) is 4.69. The number of halogens is 3. The molecule has 0 unspecified atom stereocenters. The molecule has 1 aromatic carbocycles. The van der Waals surface area contributed by atoms with Gasteiger partial charge in [-0.15, -0.1) is 0 Å². The van der Waals surface area contributed by atoms with E-state index in [1.807, 2.05) is 13.0 Å². The fourth-order valence-corrected chi connectivity index (χ4v) is 5.78. The number of hydrogen-bond acceptors (Lipinski definition) is 7. The van der Waals surface area contributed by atoms with Crippen LogP contribution in [0.4, 0.5) is 13.2 Å². The normalized spacial score (nSPS) is 25.2. The maximum Gasteiger partial charge on any atom is 0.185 e. The summed E-state index contributed by atoms with van der Waals surface area (Å²) in [4.78, 5) is 21.6. The van der Waals surface area contributed by atoms with E-state index in [0.717, 1.165) is 23.8 Å². The number of nitrogens with two attached hydrogens (primary N) is 1. The molecule has 5 rings (SSSR count). The second-order valence-corrected chi connectivity index (χ2v) is 11.3. The summed E-state index contributed by atoms with van der Waals surface area (Å²) < 4.78 is 56.0. The molecule has 2 fully saturated rings. The van der Waals surface area contributed by atoms with Crippen LogP contribution >= 0.6 is 0 Å². The van der Waals surface area contributed by atoms with Crippen molar-refractivity contribution < 1.29 is 32.5 Å². The van der Waals surface area contributed by atoms with Crippen LogP contribution < -0.4 is 10.5 Å². The van der Waals surface area contributed by atoms with Crippen LogP contribution in [0.15, 0.2) is 42.7 Å². The topological polar surface area (TPSA) is 108 Å². The molecule has 2 aliphatic rings. The molecule has 218 valence electrons. The maximum atomic E-state index is 15.1. The molecule has 0 radical (unpaired) electrons. The van der Waals surface area contributed by atoms with Gasteiger partial charge < -0.3 is 20.3 Å². The van der Waals surface area contributed by atoms with Crippen LogP contribution in [0.2, 0.25) is 0 Å². The fourth-order valence-electron chi connectivity index (χ4n) is 5.78. The number of rotatable bonds is 7. The molecule has 3 N–H and O–H groups in total. The van der Waals surface area contributed by atoms with Gasteiger partial charge in [-0.2, -0.15) is 0 Å². The molecular formula is C31H34F3N3O4. The lowest BCUT2D eigenvalue weighted by Crippen LogP contribution is -2.54. The molecule has 0 spiro atoms. The average molecular weight is 570 g/mol. The minimum Gasteiger partial charge on any atom is -0.490 e. The Bertz CT molecular complexity index is 1390. The zero-order chi connectivity index (χ0) is 29.3. The molecule has 7 nitrogen and oxygen atoms in total. The second kappa shape index (κ2) is 11.9. The lowest BCUT2D eigenvalue weighted by Gasteiger charge is -2.44.